The van der Waals surface area contributed by atoms with Crippen LogP contribution >= 0.6 is 0 Å². The molecule has 0 aliphatic heterocycles. The number of nitrogens with one attached hydrogen (secondary N) is 2. The van der Waals surface area contributed by atoms with Gasteiger partial charge in [-0.2, -0.15) is 0 Å². The van der Waals surface area contributed by atoms with Crippen molar-refractivity contribution in [1.82, 2.24) is 15.3 Å². The number of hydrogen-bond donors (Lipinski definition) is 2. The fourth-order valence-electron chi connectivity index (χ4n) is 2.23. The number of allylic oxidation sites excluding steroid dienone is 1. The minimum Gasteiger partial charge on any atom is -0.337 e. The average molecular weight is 337 g/mol. The Morgan fingerprint density at radius 1 is 1.36 bits per heavy atom. The predicted octanol–water partition coefficient (Wildman–Crippen LogP) is 3.63. The molecular formula is C19H23N5O. The van der Waals surface area contributed by atoms with Gasteiger partial charge in [0.05, 0.1) is 0 Å². The van der Waals surface area contributed by atoms with Gasteiger partial charge in [-0.3, -0.25) is 0 Å². The summed E-state index contributed by atoms with van der Waals surface area (Å²) in [5.74, 6) is 1.40. The van der Waals surface area contributed by atoms with Gasteiger partial charge in [0.1, 0.15) is 11.6 Å². The maximum absolute atomic E-state index is 11.9. The van der Waals surface area contributed by atoms with Crippen molar-refractivity contribution in [2.75, 3.05) is 16.8 Å². The number of rotatable bonds is 7. The number of anilines is 2. The van der Waals surface area contributed by atoms with Gasteiger partial charge < -0.3 is 15.5 Å². The summed E-state index contributed by atoms with van der Waals surface area (Å²) in [7, 11) is 0. The Hall–Kier alpha value is -3.15. The zero-order valence-corrected chi connectivity index (χ0v) is 14.6. The lowest BCUT2D eigenvalue weighted by Gasteiger charge is -2.14. The van der Waals surface area contributed by atoms with E-state index in [0.29, 0.717) is 18.8 Å². The molecule has 0 atom stereocenters. The van der Waals surface area contributed by atoms with Crippen molar-refractivity contribution in [1.29, 1.82) is 0 Å². The van der Waals surface area contributed by atoms with E-state index in [4.69, 9.17) is 0 Å². The van der Waals surface area contributed by atoms with Gasteiger partial charge in [-0.15, -0.1) is 0 Å². The largest absolute Gasteiger partial charge is 0.337 e. The molecule has 6 heteroatoms. The number of benzene rings is 1. The molecule has 2 N–H and O–H groups in total. The first-order chi connectivity index (χ1) is 12.1. The van der Waals surface area contributed by atoms with Crippen LogP contribution in [0, 0.1) is 6.92 Å². The molecule has 1 aromatic heterocycles. The smallest absolute Gasteiger partial charge is 0.319 e. The minimum atomic E-state index is -0.247. The standard InChI is InChI=1S/C19H23N5O/c1-4-13-24(5-2)18-10-12-20-17(23-18)9-11-21-19(25)22-16-8-6-7-15(3)14-16/h4-8,10,12-14H,2,9,11H2,1,3H3,(H2,21,22,25)/b13-4-. The number of urea groups is 1. The highest BCUT2D eigenvalue weighted by atomic mass is 16.2. The maximum Gasteiger partial charge on any atom is 0.319 e. The molecule has 0 spiro atoms. The van der Waals surface area contributed by atoms with E-state index in [-0.39, 0.29) is 6.03 Å². The second-order valence-corrected chi connectivity index (χ2v) is 5.40. The third-order valence-corrected chi connectivity index (χ3v) is 3.37. The van der Waals surface area contributed by atoms with E-state index < -0.39 is 0 Å². The Bertz CT molecular complexity index is 757. The number of nitrogens with zero attached hydrogens (tertiary/aromatic N) is 3. The van der Waals surface area contributed by atoms with E-state index in [1.807, 2.05) is 61.4 Å². The zero-order valence-electron chi connectivity index (χ0n) is 14.6. The Morgan fingerprint density at radius 3 is 2.92 bits per heavy atom. The molecule has 1 aromatic carbocycles. The number of aromatic nitrogens is 2. The first-order valence-electron chi connectivity index (χ1n) is 8.09. The molecule has 2 aromatic rings. The molecule has 0 saturated heterocycles. The van der Waals surface area contributed by atoms with Gasteiger partial charge in [0.25, 0.3) is 0 Å². The van der Waals surface area contributed by atoms with E-state index >= 15 is 0 Å². The number of hydrogen-bond acceptors (Lipinski definition) is 4. The average Bonchev–Trinajstić information content (AvgIpc) is 2.60. The summed E-state index contributed by atoms with van der Waals surface area (Å²) >= 11 is 0. The third-order valence-electron chi connectivity index (χ3n) is 3.37. The van der Waals surface area contributed by atoms with Crippen LogP contribution in [0.25, 0.3) is 0 Å². The molecule has 0 aliphatic carbocycles. The summed E-state index contributed by atoms with van der Waals surface area (Å²) in [6.45, 7) is 8.12. The van der Waals surface area contributed by atoms with E-state index in [1.165, 1.54) is 0 Å². The van der Waals surface area contributed by atoms with Crippen LogP contribution in [-0.2, 0) is 6.42 Å². The Morgan fingerprint density at radius 2 is 2.20 bits per heavy atom. The van der Waals surface area contributed by atoms with Crippen LogP contribution in [-0.4, -0.2) is 22.5 Å². The maximum atomic E-state index is 11.9. The molecular weight excluding hydrogens is 314 g/mol. The Kier molecular flexibility index (Phi) is 6.71. The van der Waals surface area contributed by atoms with Crippen molar-refractivity contribution in [2.45, 2.75) is 20.3 Å². The van der Waals surface area contributed by atoms with Crippen LogP contribution < -0.4 is 15.5 Å². The van der Waals surface area contributed by atoms with Crippen LogP contribution in [0.1, 0.15) is 18.3 Å². The first kappa shape index (κ1) is 18.2. The second-order valence-electron chi connectivity index (χ2n) is 5.40. The Balaban J connectivity index is 1.87. The lowest BCUT2D eigenvalue weighted by molar-refractivity contribution is 0.252. The summed E-state index contributed by atoms with van der Waals surface area (Å²) < 4.78 is 0. The molecule has 1 heterocycles. The quantitative estimate of drug-likeness (QED) is 0.809. The molecule has 130 valence electrons. The number of carbonyl (C=O) groups excluding carboxylic acids is 1. The third kappa shape index (κ3) is 5.76. The first-order valence-corrected chi connectivity index (χ1v) is 8.09. The summed E-state index contributed by atoms with van der Waals surface area (Å²) in [6.07, 6.45) is 7.69. The number of carbonyl (C=O) groups is 1. The van der Waals surface area contributed by atoms with E-state index in [2.05, 4.69) is 27.2 Å². The monoisotopic (exact) mass is 337 g/mol. The summed E-state index contributed by atoms with van der Waals surface area (Å²) in [5, 5.41) is 5.61. The zero-order chi connectivity index (χ0) is 18.1. The molecule has 0 saturated carbocycles. The molecule has 0 aliphatic rings. The fourth-order valence-corrected chi connectivity index (χ4v) is 2.23. The van der Waals surface area contributed by atoms with Gasteiger partial charge in [0, 0.05) is 37.2 Å². The molecule has 0 unspecified atom stereocenters. The van der Waals surface area contributed by atoms with E-state index in [9.17, 15) is 4.79 Å². The van der Waals surface area contributed by atoms with Gasteiger partial charge in [0.15, 0.2) is 0 Å². The van der Waals surface area contributed by atoms with Crippen LogP contribution in [0.3, 0.4) is 0 Å². The summed E-state index contributed by atoms with van der Waals surface area (Å²) in [4.78, 5) is 22.5. The van der Waals surface area contributed by atoms with Gasteiger partial charge >= 0.3 is 6.03 Å². The van der Waals surface area contributed by atoms with Gasteiger partial charge in [-0.25, -0.2) is 14.8 Å². The molecule has 0 bridgehead atoms. The lowest BCUT2D eigenvalue weighted by Crippen LogP contribution is -2.30. The van der Waals surface area contributed by atoms with E-state index in [0.717, 1.165) is 17.1 Å². The second kappa shape index (κ2) is 9.22. The predicted molar refractivity (Wildman–Crippen MR) is 101 cm³/mol. The van der Waals surface area contributed by atoms with E-state index in [1.54, 1.807) is 12.4 Å². The fraction of sp³-hybridized carbons (Fsp3) is 0.211. The normalized spacial score (nSPS) is 10.5. The van der Waals surface area contributed by atoms with Crippen LogP contribution in [0.15, 0.2) is 61.6 Å². The molecule has 0 radical (unpaired) electrons. The topological polar surface area (TPSA) is 70.2 Å². The molecule has 2 rings (SSSR count). The number of amides is 2. The summed E-state index contributed by atoms with van der Waals surface area (Å²) in [5.41, 5.74) is 1.86. The van der Waals surface area contributed by atoms with Crippen molar-refractivity contribution < 1.29 is 4.79 Å². The SMILES string of the molecule is C=CN(/C=C\C)c1ccnc(CCNC(=O)Nc2cccc(C)c2)n1. The molecule has 25 heavy (non-hydrogen) atoms. The van der Waals surface area contributed by atoms with Crippen molar-refractivity contribution in [3.05, 3.63) is 73.0 Å². The minimum absolute atomic E-state index is 0.247. The Labute approximate surface area is 148 Å². The van der Waals surface area contributed by atoms with Crippen LogP contribution in [0.4, 0.5) is 16.3 Å². The lowest BCUT2D eigenvalue weighted by atomic mass is 10.2. The van der Waals surface area contributed by atoms with Crippen molar-refractivity contribution in [2.24, 2.45) is 0 Å². The van der Waals surface area contributed by atoms with Crippen LogP contribution in [0.2, 0.25) is 0 Å². The molecule has 6 nitrogen and oxygen atoms in total. The number of aryl methyl sites for hydroxylation is 1. The molecule has 2 amide bonds. The van der Waals surface area contributed by atoms with Crippen molar-refractivity contribution >= 4 is 17.5 Å². The molecule has 0 fully saturated rings. The van der Waals surface area contributed by atoms with Crippen LogP contribution in [0.5, 0.6) is 0 Å². The van der Waals surface area contributed by atoms with Crippen molar-refractivity contribution in [3.8, 4) is 0 Å². The van der Waals surface area contributed by atoms with Gasteiger partial charge in [-0.1, -0.05) is 24.8 Å². The van der Waals surface area contributed by atoms with Gasteiger partial charge in [0.2, 0.25) is 0 Å². The summed E-state index contributed by atoms with van der Waals surface area (Å²) in [6, 6.07) is 9.21. The highest BCUT2D eigenvalue weighted by Crippen LogP contribution is 2.11. The highest BCUT2D eigenvalue weighted by molar-refractivity contribution is 5.89. The van der Waals surface area contributed by atoms with Crippen molar-refractivity contribution in [3.63, 3.8) is 0 Å². The highest BCUT2D eigenvalue weighted by Gasteiger charge is 2.05. The van der Waals surface area contributed by atoms with Gasteiger partial charge in [-0.05, 0) is 37.6 Å².